The van der Waals surface area contributed by atoms with Crippen molar-refractivity contribution < 1.29 is 4.42 Å². The van der Waals surface area contributed by atoms with Gasteiger partial charge >= 0.3 is 0 Å². The van der Waals surface area contributed by atoms with Gasteiger partial charge in [0.25, 0.3) is 0 Å². The molecule has 0 bridgehead atoms. The van der Waals surface area contributed by atoms with Crippen molar-refractivity contribution in [3.63, 3.8) is 0 Å². The van der Waals surface area contributed by atoms with Crippen molar-refractivity contribution in [3.05, 3.63) is 301 Å². The van der Waals surface area contributed by atoms with Crippen molar-refractivity contribution >= 4 is 120 Å². The summed E-state index contributed by atoms with van der Waals surface area (Å²) in [5.74, 6) is 0. The van der Waals surface area contributed by atoms with Gasteiger partial charge in [0, 0.05) is 86.9 Å². The van der Waals surface area contributed by atoms with Crippen LogP contribution in [0.1, 0.15) is 49.9 Å². The summed E-state index contributed by atoms with van der Waals surface area (Å²) in [6.07, 6.45) is 0. The minimum Gasteiger partial charge on any atom is -0.456 e. The van der Waals surface area contributed by atoms with E-state index in [-0.39, 0.29) is 10.8 Å². The third-order valence-electron chi connectivity index (χ3n) is 19.6. The van der Waals surface area contributed by atoms with E-state index in [2.05, 4.69) is 310 Å². The molecule has 4 heteroatoms. The van der Waals surface area contributed by atoms with Gasteiger partial charge in [-0.05, 0) is 162 Å². The first-order chi connectivity index (χ1) is 43.1. The highest BCUT2D eigenvalue weighted by molar-refractivity contribution is 7.26. The van der Waals surface area contributed by atoms with Gasteiger partial charge in [0.05, 0.1) is 11.4 Å². The molecule has 416 valence electrons. The molecule has 0 spiro atoms. The Labute approximate surface area is 515 Å². The number of nitrogens with zero attached hydrogens (tertiary/aromatic N) is 2. The summed E-state index contributed by atoms with van der Waals surface area (Å²) in [5, 5.41) is 12.2. The predicted molar refractivity (Wildman–Crippen MR) is 374 cm³/mol. The molecular formula is C84H58N2OS. The van der Waals surface area contributed by atoms with Gasteiger partial charge in [0.1, 0.15) is 11.2 Å². The van der Waals surface area contributed by atoms with Crippen molar-refractivity contribution in [2.24, 2.45) is 0 Å². The number of thiophene rings is 1. The van der Waals surface area contributed by atoms with E-state index >= 15 is 0 Å². The second-order valence-electron chi connectivity index (χ2n) is 25.2. The molecule has 0 fully saturated rings. The summed E-state index contributed by atoms with van der Waals surface area (Å²) in [6.45, 7) is 9.61. The number of benzene rings is 14. The molecule has 14 aromatic carbocycles. The van der Waals surface area contributed by atoms with E-state index in [9.17, 15) is 0 Å². The van der Waals surface area contributed by atoms with Crippen LogP contribution >= 0.6 is 11.3 Å². The maximum Gasteiger partial charge on any atom is 0.137 e. The second kappa shape index (κ2) is 19.0. The van der Waals surface area contributed by atoms with Crippen molar-refractivity contribution in [1.82, 2.24) is 0 Å². The monoisotopic (exact) mass is 1140 g/mol. The third-order valence-corrected chi connectivity index (χ3v) is 20.8. The highest BCUT2D eigenvalue weighted by Crippen LogP contribution is 2.59. The first-order valence-corrected chi connectivity index (χ1v) is 31.4. The molecule has 18 rings (SSSR count). The van der Waals surface area contributed by atoms with Gasteiger partial charge in [-0.25, -0.2) is 0 Å². The van der Waals surface area contributed by atoms with Gasteiger partial charge < -0.3 is 14.2 Å². The number of fused-ring (bicyclic) bond motifs is 17. The lowest BCUT2D eigenvalue weighted by Crippen LogP contribution is -2.18. The summed E-state index contributed by atoms with van der Waals surface area (Å²) in [7, 11) is 0. The summed E-state index contributed by atoms with van der Waals surface area (Å²) in [6, 6.07) is 104. The van der Waals surface area contributed by atoms with Crippen LogP contribution in [-0.4, -0.2) is 0 Å². The molecule has 2 aliphatic rings. The minimum atomic E-state index is -0.278. The van der Waals surface area contributed by atoms with Crippen LogP contribution in [0.15, 0.2) is 283 Å². The Morgan fingerprint density at radius 2 is 0.852 bits per heavy atom. The molecule has 88 heavy (non-hydrogen) atoms. The zero-order valence-electron chi connectivity index (χ0n) is 49.3. The number of para-hydroxylation sites is 1. The third kappa shape index (κ3) is 7.55. The maximum absolute atomic E-state index is 6.55. The summed E-state index contributed by atoms with van der Waals surface area (Å²) < 4.78 is 9.15. The molecule has 16 aromatic rings. The SMILES string of the molecule is CC1(C)c2ccccc2-c2ccc(N(c3ccc4ccccc4c3)c3cc4ccc(-c5ccc(-c6ccc(N(c7ccc8c(c7)oc7ccccc78)c7cc8c9ccccc9sc8c8ccccc78)cc6)cc5)cc4c4c3-c3ccccc3C4(C)C)cc21. The predicted octanol–water partition coefficient (Wildman–Crippen LogP) is 24.3. The zero-order chi connectivity index (χ0) is 58.6. The molecule has 0 aliphatic heterocycles. The Hall–Kier alpha value is -10.5. The summed E-state index contributed by atoms with van der Waals surface area (Å²) in [4.78, 5) is 4.97. The molecule has 0 radical (unpaired) electrons. The molecule has 2 aliphatic carbocycles. The Kier molecular flexibility index (Phi) is 11.0. The van der Waals surface area contributed by atoms with Crippen molar-refractivity contribution in [2.45, 2.75) is 38.5 Å². The standard InChI is InChI=1S/C84H58N2OS/c1-83(2)72-25-13-9-19-62(72)63-43-41-60(48-74(63)83)86(59-40-37-51-17-5-6-18-55(51)45-59)76-47-57-34-33-56(46-70(57)81-80(76)69-24-10-14-26-73(69)84(81,3)4)54-31-29-52(30-32-54)53-35-38-58(39-36-53)85(61-42-44-66-65-21-11-15-27-77(65)87-78(66)49-61)75-50-71-67-22-12-16-28-79(67)88-82(71)68-23-8-7-20-64(68)75/h5-50H,1-4H3. The van der Waals surface area contributed by atoms with E-state index < -0.39 is 0 Å². The van der Waals surface area contributed by atoms with Crippen LogP contribution in [0, 0.1) is 0 Å². The number of hydrogen-bond acceptors (Lipinski definition) is 4. The van der Waals surface area contributed by atoms with Crippen LogP contribution in [0.4, 0.5) is 34.1 Å². The summed E-state index contributed by atoms with van der Waals surface area (Å²) in [5.41, 5.74) is 23.4. The summed E-state index contributed by atoms with van der Waals surface area (Å²) >= 11 is 1.87. The van der Waals surface area contributed by atoms with Crippen LogP contribution in [0.5, 0.6) is 0 Å². The first kappa shape index (κ1) is 50.8. The molecule has 2 heterocycles. The molecule has 0 atom stereocenters. The van der Waals surface area contributed by atoms with Crippen LogP contribution in [-0.2, 0) is 10.8 Å². The van der Waals surface area contributed by atoms with Gasteiger partial charge in [-0.2, -0.15) is 0 Å². The van der Waals surface area contributed by atoms with E-state index in [1.807, 2.05) is 17.4 Å². The lowest BCUT2D eigenvalue weighted by Gasteiger charge is -2.31. The number of hydrogen-bond donors (Lipinski definition) is 0. The van der Waals surface area contributed by atoms with Crippen LogP contribution in [0.3, 0.4) is 0 Å². The number of furan rings is 1. The van der Waals surface area contributed by atoms with E-state index in [4.69, 9.17) is 4.42 Å². The lowest BCUT2D eigenvalue weighted by atomic mass is 9.79. The van der Waals surface area contributed by atoms with Gasteiger partial charge in [0.2, 0.25) is 0 Å². The largest absolute Gasteiger partial charge is 0.456 e. The smallest absolute Gasteiger partial charge is 0.137 e. The highest BCUT2D eigenvalue weighted by Gasteiger charge is 2.41. The maximum atomic E-state index is 6.55. The van der Waals surface area contributed by atoms with Crippen LogP contribution in [0.2, 0.25) is 0 Å². The Morgan fingerprint density at radius 3 is 1.66 bits per heavy atom. The van der Waals surface area contributed by atoms with Crippen LogP contribution < -0.4 is 9.80 Å². The normalized spacial score (nSPS) is 13.6. The average Bonchev–Trinajstić information content (AvgIpc) is 1.74. The molecule has 2 aromatic heterocycles. The molecule has 0 saturated carbocycles. The molecular weight excluding hydrogens is 1090 g/mol. The van der Waals surface area contributed by atoms with E-state index in [0.717, 1.165) is 61.5 Å². The molecule has 0 amide bonds. The fourth-order valence-electron chi connectivity index (χ4n) is 15.3. The molecule has 0 N–H and O–H groups in total. The fraction of sp³-hybridized carbons (Fsp3) is 0.0714. The Morgan fingerprint density at radius 1 is 0.307 bits per heavy atom. The van der Waals surface area contributed by atoms with Crippen molar-refractivity contribution in [3.8, 4) is 44.5 Å². The van der Waals surface area contributed by atoms with Crippen molar-refractivity contribution in [2.75, 3.05) is 9.80 Å². The number of rotatable bonds is 8. The van der Waals surface area contributed by atoms with Crippen molar-refractivity contribution in [1.29, 1.82) is 0 Å². The molecule has 3 nitrogen and oxygen atoms in total. The van der Waals surface area contributed by atoms with Gasteiger partial charge in [-0.1, -0.05) is 222 Å². The lowest BCUT2D eigenvalue weighted by molar-refractivity contribution is 0.660. The van der Waals surface area contributed by atoms with E-state index in [1.54, 1.807) is 0 Å². The van der Waals surface area contributed by atoms with Gasteiger partial charge in [-0.15, -0.1) is 11.3 Å². The minimum absolute atomic E-state index is 0.154. The fourth-order valence-corrected chi connectivity index (χ4v) is 16.5. The Balaban J connectivity index is 0.743. The Bertz CT molecular complexity index is 5590. The van der Waals surface area contributed by atoms with E-state index in [0.29, 0.717) is 0 Å². The van der Waals surface area contributed by atoms with E-state index in [1.165, 1.54) is 114 Å². The highest BCUT2D eigenvalue weighted by atomic mass is 32.1. The average molecular weight is 1140 g/mol. The zero-order valence-corrected chi connectivity index (χ0v) is 50.1. The van der Waals surface area contributed by atoms with Gasteiger partial charge in [0.15, 0.2) is 0 Å². The molecule has 0 saturated heterocycles. The van der Waals surface area contributed by atoms with Crippen LogP contribution in [0.25, 0.3) is 119 Å². The van der Waals surface area contributed by atoms with Gasteiger partial charge in [-0.3, -0.25) is 0 Å². The molecule has 0 unspecified atom stereocenters. The second-order valence-corrected chi connectivity index (χ2v) is 26.2. The first-order valence-electron chi connectivity index (χ1n) is 30.6. The quantitative estimate of drug-likeness (QED) is 0.151. The topological polar surface area (TPSA) is 19.6 Å². The number of anilines is 6.